The van der Waals surface area contributed by atoms with Crippen LogP contribution in [0.2, 0.25) is 0 Å². The Kier molecular flexibility index (Phi) is 6.31. The summed E-state index contributed by atoms with van der Waals surface area (Å²) in [7, 11) is 0. The minimum atomic E-state index is -0.475. The number of amides is 1. The van der Waals surface area contributed by atoms with Crippen molar-refractivity contribution >= 4 is 11.9 Å². The highest BCUT2D eigenvalue weighted by Crippen LogP contribution is 2.18. The van der Waals surface area contributed by atoms with Crippen molar-refractivity contribution in [1.82, 2.24) is 15.2 Å². The van der Waals surface area contributed by atoms with E-state index >= 15 is 0 Å². The number of Topliss-reactive ketones (excluding diaryl/α,β-unsaturated/α-hetero) is 1. The molecule has 1 aliphatic rings. The molecule has 1 aliphatic heterocycles. The van der Waals surface area contributed by atoms with Crippen molar-refractivity contribution < 1.29 is 14.3 Å². The van der Waals surface area contributed by atoms with Crippen molar-refractivity contribution in [3.63, 3.8) is 0 Å². The van der Waals surface area contributed by atoms with Gasteiger partial charge < -0.3 is 15.0 Å². The number of nitrogens with one attached hydrogen (secondary N) is 1. The summed E-state index contributed by atoms with van der Waals surface area (Å²) in [6.07, 6.45) is 3.37. The molecule has 24 heavy (non-hydrogen) atoms. The van der Waals surface area contributed by atoms with Crippen molar-refractivity contribution in [3.05, 3.63) is 30.1 Å². The summed E-state index contributed by atoms with van der Waals surface area (Å²) in [4.78, 5) is 30.0. The number of ketones is 1. The number of pyridine rings is 1. The van der Waals surface area contributed by atoms with E-state index in [2.05, 4.69) is 10.3 Å². The molecule has 1 saturated heterocycles. The normalized spacial score (nSPS) is 18.3. The molecule has 0 bridgehead atoms. The standard InChI is InChI=1S/C18H27N3O3/c1-18(2,3)24-17(23)21-10-6-7-14(13-21)11-19-12-16(22)15-8-4-5-9-20-15/h4-5,8-9,14,19H,6-7,10-13H2,1-3H3/t14-/m1/s1. The van der Waals surface area contributed by atoms with Crippen LogP contribution in [0.25, 0.3) is 0 Å². The van der Waals surface area contributed by atoms with E-state index in [9.17, 15) is 9.59 Å². The molecule has 1 N–H and O–H groups in total. The monoisotopic (exact) mass is 333 g/mol. The van der Waals surface area contributed by atoms with Gasteiger partial charge in [-0.15, -0.1) is 0 Å². The van der Waals surface area contributed by atoms with E-state index in [1.54, 1.807) is 29.3 Å². The van der Waals surface area contributed by atoms with Gasteiger partial charge in [0.1, 0.15) is 11.3 Å². The minimum absolute atomic E-state index is 0.0181. The van der Waals surface area contributed by atoms with Gasteiger partial charge in [-0.1, -0.05) is 6.07 Å². The first-order chi connectivity index (χ1) is 11.3. The first kappa shape index (κ1) is 18.4. The summed E-state index contributed by atoms with van der Waals surface area (Å²) in [6.45, 7) is 7.99. The molecule has 1 amide bonds. The molecule has 6 nitrogen and oxygen atoms in total. The van der Waals surface area contributed by atoms with Crippen LogP contribution in [0.5, 0.6) is 0 Å². The van der Waals surface area contributed by atoms with Crippen LogP contribution >= 0.6 is 0 Å². The maximum absolute atomic E-state index is 12.1. The molecule has 2 heterocycles. The van der Waals surface area contributed by atoms with Gasteiger partial charge in [0.25, 0.3) is 0 Å². The average molecular weight is 333 g/mol. The molecular weight excluding hydrogens is 306 g/mol. The smallest absolute Gasteiger partial charge is 0.410 e. The van der Waals surface area contributed by atoms with E-state index in [4.69, 9.17) is 4.74 Å². The Hall–Kier alpha value is -1.95. The quantitative estimate of drug-likeness (QED) is 0.838. The Morgan fingerprint density at radius 3 is 2.83 bits per heavy atom. The van der Waals surface area contributed by atoms with E-state index in [1.807, 2.05) is 20.8 Å². The Morgan fingerprint density at radius 2 is 2.17 bits per heavy atom. The van der Waals surface area contributed by atoms with E-state index in [1.165, 1.54) is 0 Å². The molecule has 1 aromatic heterocycles. The third kappa shape index (κ3) is 5.92. The Morgan fingerprint density at radius 1 is 1.38 bits per heavy atom. The second-order valence-electron chi connectivity index (χ2n) is 7.20. The zero-order valence-corrected chi connectivity index (χ0v) is 14.7. The van der Waals surface area contributed by atoms with Gasteiger partial charge in [0.2, 0.25) is 0 Å². The maximum Gasteiger partial charge on any atom is 0.410 e. The fraction of sp³-hybridized carbons (Fsp3) is 0.611. The number of piperidine rings is 1. The number of nitrogens with zero attached hydrogens (tertiary/aromatic N) is 2. The zero-order valence-electron chi connectivity index (χ0n) is 14.7. The minimum Gasteiger partial charge on any atom is -0.444 e. The van der Waals surface area contributed by atoms with Gasteiger partial charge in [0.15, 0.2) is 5.78 Å². The van der Waals surface area contributed by atoms with Gasteiger partial charge in [0.05, 0.1) is 6.54 Å². The van der Waals surface area contributed by atoms with Crippen LogP contribution in [-0.2, 0) is 4.74 Å². The number of hydrogen-bond acceptors (Lipinski definition) is 5. The topological polar surface area (TPSA) is 71.5 Å². The second-order valence-corrected chi connectivity index (χ2v) is 7.20. The molecule has 0 saturated carbocycles. The van der Waals surface area contributed by atoms with Crippen LogP contribution in [-0.4, -0.2) is 53.5 Å². The molecule has 1 atom stereocenters. The first-order valence-corrected chi connectivity index (χ1v) is 8.48. The van der Waals surface area contributed by atoms with Gasteiger partial charge in [-0.2, -0.15) is 0 Å². The number of aromatic nitrogens is 1. The Balaban J connectivity index is 1.75. The molecule has 0 unspecified atom stereocenters. The van der Waals surface area contributed by atoms with Crippen molar-refractivity contribution in [2.75, 3.05) is 26.2 Å². The summed E-state index contributed by atoms with van der Waals surface area (Å²) in [5.41, 5.74) is 0.00113. The van der Waals surface area contributed by atoms with Gasteiger partial charge in [-0.05, 0) is 51.7 Å². The number of rotatable bonds is 5. The highest BCUT2D eigenvalue weighted by atomic mass is 16.6. The Labute approximate surface area is 143 Å². The lowest BCUT2D eigenvalue weighted by atomic mass is 9.98. The van der Waals surface area contributed by atoms with Crippen LogP contribution in [0.3, 0.4) is 0 Å². The predicted molar refractivity (Wildman–Crippen MR) is 92.0 cm³/mol. The van der Waals surface area contributed by atoms with Gasteiger partial charge in [-0.3, -0.25) is 9.78 Å². The third-order valence-electron chi connectivity index (χ3n) is 3.84. The zero-order chi connectivity index (χ0) is 17.6. The van der Waals surface area contributed by atoms with E-state index in [-0.39, 0.29) is 18.4 Å². The molecular formula is C18H27N3O3. The lowest BCUT2D eigenvalue weighted by Gasteiger charge is -2.34. The largest absolute Gasteiger partial charge is 0.444 e. The van der Waals surface area contributed by atoms with Crippen LogP contribution in [0.15, 0.2) is 24.4 Å². The van der Waals surface area contributed by atoms with Crippen LogP contribution in [0, 0.1) is 5.92 Å². The SMILES string of the molecule is CC(C)(C)OC(=O)N1CCC[C@H](CNCC(=O)c2ccccn2)C1. The average Bonchev–Trinajstić information content (AvgIpc) is 2.54. The fourth-order valence-corrected chi connectivity index (χ4v) is 2.73. The van der Waals surface area contributed by atoms with Crippen molar-refractivity contribution in [2.24, 2.45) is 5.92 Å². The maximum atomic E-state index is 12.1. The molecule has 0 aliphatic carbocycles. The summed E-state index contributed by atoms with van der Waals surface area (Å²) in [5, 5.41) is 3.19. The number of ether oxygens (including phenoxy) is 1. The molecule has 0 spiro atoms. The molecule has 1 aromatic rings. The highest BCUT2D eigenvalue weighted by Gasteiger charge is 2.27. The molecule has 0 aromatic carbocycles. The lowest BCUT2D eigenvalue weighted by molar-refractivity contribution is 0.0166. The van der Waals surface area contributed by atoms with Gasteiger partial charge in [0, 0.05) is 25.8 Å². The van der Waals surface area contributed by atoms with Crippen LogP contribution in [0.1, 0.15) is 44.1 Å². The molecule has 132 valence electrons. The van der Waals surface area contributed by atoms with Gasteiger partial charge in [-0.25, -0.2) is 4.79 Å². The van der Waals surface area contributed by atoms with Gasteiger partial charge >= 0.3 is 6.09 Å². The lowest BCUT2D eigenvalue weighted by Crippen LogP contribution is -2.45. The van der Waals surface area contributed by atoms with E-state index in [0.717, 1.165) is 19.4 Å². The number of carbonyl (C=O) groups is 2. The molecule has 0 radical (unpaired) electrons. The molecule has 1 fully saturated rings. The van der Waals surface area contributed by atoms with Crippen molar-refractivity contribution in [3.8, 4) is 0 Å². The van der Waals surface area contributed by atoms with Crippen molar-refractivity contribution in [2.45, 2.75) is 39.2 Å². The summed E-state index contributed by atoms with van der Waals surface area (Å²) < 4.78 is 5.43. The second kappa shape index (κ2) is 8.24. The number of likely N-dealkylation sites (tertiary alicyclic amines) is 1. The van der Waals surface area contributed by atoms with Crippen molar-refractivity contribution in [1.29, 1.82) is 0 Å². The van der Waals surface area contributed by atoms with E-state index in [0.29, 0.717) is 24.7 Å². The number of hydrogen-bond donors (Lipinski definition) is 1. The predicted octanol–water partition coefficient (Wildman–Crippen LogP) is 2.50. The highest BCUT2D eigenvalue weighted by molar-refractivity contribution is 5.95. The number of carbonyl (C=O) groups excluding carboxylic acids is 2. The fourth-order valence-electron chi connectivity index (χ4n) is 2.73. The first-order valence-electron chi connectivity index (χ1n) is 8.48. The van der Waals surface area contributed by atoms with Crippen LogP contribution in [0.4, 0.5) is 4.79 Å². The van der Waals surface area contributed by atoms with E-state index < -0.39 is 5.60 Å². The molecule has 2 rings (SSSR count). The summed E-state index contributed by atoms with van der Waals surface area (Å²) >= 11 is 0. The third-order valence-corrected chi connectivity index (χ3v) is 3.84. The summed E-state index contributed by atoms with van der Waals surface area (Å²) in [6, 6.07) is 5.31. The van der Waals surface area contributed by atoms with Crippen LogP contribution < -0.4 is 5.32 Å². The molecule has 6 heteroatoms. The summed E-state index contributed by atoms with van der Waals surface area (Å²) in [5.74, 6) is 0.318. The Bertz CT molecular complexity index is 554.